The number of hydrogen-bond acceptors (Lipinski definition) is 8. The summed E-state index contributed by atoms with van der Waals surface area (Å²) in [5.41, 5.74) is 2.25. The Morgan fingerprint density at radius 2 is 1.79 bits per heavy atom. The van der Waals surface area contributed by atoms with Gasteiger partial charge in [-0.05, 0) is 100 Å². The van der Waals surface area contributed by atoms with Crippen molar-refractivity contribution in [2.75, 3.05) is 20.8 Å². The number of hydrogen-bond donors (Lipinski definition) is 0. The second-order valence-electron chi connectivity index (χ2n) is 8.00. The van der Waals surface area contributed by atoms with E-state index in [2.05, 4.69) is 20.9 Å². The first-order valence-electron chi connectivity index (χ1n) is 11.5. The van der Waals surface area contributed by atoms with E-state index >= 15 is 0 Å². The Bertz CT molecular complexity index is 1410. The van der Waals surface area contributed by atoms with Crippen LogP contribution >= 0.6 is 27.7 Å². The quantitative estimate of drug-likeness (QED) is 0.156. The van der Waals surface area contributed by atoms with E-state index < -0.39 is 4.92 Å². The van der Waals surface area contributed by atoms with Crippen LogP contribution in [0.15, 0.2) is 75.0 Å². The average molecular weight is 598 g/mol. The molecular formula is C27H24BrN3O6S. The summed E-state index contributed by atoms with van der Waals surface area (Å²) in [6.45, 7) is 2.58. The lowest BCUT2D eigenvalue weighted by Gasteiger charge is -2.14. The van der Waals surface area contributed by atoms with Gasteiger partial charge >= 0.3 is 0 Å². The summed E-state index contributed by atoms with van der Waals surface area (Å²) in [6, 6.07) is 17.1. The number of nitro groups is 1. The van der Waals surface area contributed by atoms with Crippen molar-refractivity contribution in [3.8, 4) is 17.2 Å². The predicted molar refractivity (Wildman–Crippen MR) is 151 cm³/mol. The zero-order valence-electron chi connectivity index (χ0n) is 20.8. The molecule has 0 unspecified atom stereocenters. The number of benzene rings is 3. The van der Waals surface area contributed by atoms with E-state index in [1.807, 2.05) is 37.3 Å². The number of likely N-dealkylation sites (N-methyl/N-ethyl adjacent to an activating group) is 1. The molecule has 0 spiro atoms. The Morgan fingerprint density at radius 3 is 2.39 bits per heavy atom. The zero-order valence-corrected chi connectivity index (χ0v) is 23.2. The molecular weight excluding hydrogens is 574 g/mol. The molecule has 1 heterocycles. The zero-order chi connectivity index (χ0) is 27.2. The van der Waals surface area contributed by atoms with E-state index in [9.17, 15) is 14.9 Å². The molecule has 1 aliphatic heterocycles. The molecule has 1 aliphatic rings. The lowest BCUT2D eigenvalue weighted by molar-refractivity contribution is -0.384. The van der Waals surface area contributed by atoms with Gasteiger partial charge in [0.25, 0.3) is 11.6 Å². The van der Waals surface area contributed by atoms with Crippen LogP contribution in [-0.4, -0.2) is 41.7 Å². The number of non-ortho nitro benzene ring substituents is 1. The fourth-order valence-corrected chi connectivity index (χ4v) is 5.26. The van der Waals surface area contributed by atoms with Gasteiger partial charge in [0.15, 0.2) is 16.7 Å². The molecule has 38 heavy (non-hydrogen) atoms. The summed E-state index contributed by atoms with van der Waals surface area (Å²) in [5.74, 6) is 1.56. The normalized spacial score (nSPS) is 15.3. The lowest BCUT2D eigenvalue weighted by Crippen LogP contribution is -2.28. The number of amidine groups is 1. The number of halogens is 1. The third kappa shape index (κ3) is 6.17. The number of carbonyl (C=O) groups is 1. The van der Waals surface area contributed by atoms with Gasteiger partial charge in [-0.15, -0.1) is 0 Å². The highest BCUT2D eigenvalue weighted by Crippen LogP contribution is 2.40. The van der Waals surface area contributed by atoms with Gasteiger partial charge in [0.05, 0.1) is 34.2 Å². The topological polar surface area (TPSA) is 104 Å². The Labute approximate surface area is 232 Å². The van der Waals surface area contributed by atoms with Crippen molar-refractivity contribution in [2.45, 2.75) is 13.5 Å². The molecule has 3 aromatic rings. The van der Waals surface area contributed by atoms with Crippen molar-refractivity contribution >= 4 is 56.2 Å². The summed E-state index contributed by atoms with van der Waals surface area (Å²) in [5, 5.41) is 11.5. The van der Waals surface area contributed by atoms with Crippen LogP contribution in [0.5, 0.6) is 17.2 Å². The molecule has 0 atom stereocenters. The van der Waals surface area contributed by atoms with Crippen LogP contribution in [0.1, 0.15) is 18.1 Å². The highest BCUT2D eigenvalue weighted by atomic mass is 79.9. The summed E-state index contributed by atoms with van der Waals surface area (Å²) in [7, 11) is 3.14. The molecule has 0 N–H and O–H groups in total. The Balaban J connectivity index is 1.55. The second-order valence-corrected chi connectivity index (χ2v) is 9.86. The lowest BCUT2D eigenvalue weighted by atomic mass is 10.1. The molecule has 0 saturated carbocycles. The summed E-state index contributed by atoms with van der Waals surface area (Å²) < 4.78 is 17.3. The van der Waals surface area contributed by atoms with E-state index in [0.29, 0.717) is 32.6 Å². The number of rotatable bonds is 9. The van der Waals surface area contributed by atoms with Crippen molar-refractivity contribution in [2.24, 2.45) is 4.99 Å². The molecule has 1 saturated heterocycles. The van der Waals surface area contributed by atoms with Crippen molar-refractivity contribution in [3.05, 3.63) is 91.3 Å². The van der Waals surface area contributed by atoms with Gasteiger partial charge in [0.1, 0.15) is 12.4 Å². The minimum atomic E-state index is -0.446. The first-order valence-corrected chi connectivity index (χ1v) is 13.1. The number of aliphatic imine (C=N–C) groups is 1. The van der Waals surface area contributed by atoms with Gasteiger partial charge in [0, 0.05) is 18.7 Å². The average Bonchev–Trinajstić information content (AvgIpc) is 3.21. The highest BCUT2D eigenvalue weighted by Gasteiger charge is 2.32. The maximum absolute atomic E-state index is 13.1. The molecule has 3 aromatic carbocycles. The minimum Gasteiger partial charge on any atom is -0.497 e. The first kappa shape index (κ1) is 27.2. The Morgan fingerprint density at radius 1 is 1.08 bits per heavy atom. The monoisotopic (exact) mass is 597 g/mol. The molecule has 1 fully saturated rings. The van der Waals surface area contributed by atoms with E-state index in [4.69, 9.17) is 14.2 Å². The smallest absolute Gasteiger partial charge is 0.269 e. The number of nitrogens with zero attached hydrogens (tertiary/aromatic N) is 3. The molecule has 9 nitrogen and oxygen atoms in total. The standard InChI is InChI=1S/C27H24BrN3O6S/c1-4-30-26(32)24(38-27(30)29-19-7-11-21(35-2)12-8-19)15-18-13-22(28)25(23(14-18)36-3)37-16-17-5-9-20(10-6-17)31(33)34/h5-15H,4,16H2,1-3H3/b24-15+,29-27?. The van der Waals surface area contributed by atoms with E-state index in [0.717, 1.165) is 22.6 Å². The van der Waals surface area contributed by atoms with Crippen LogP contribution in [-0.2, 0) is 11.4 Å². The largest absolute Gasteiger partial charge is 0.497 e. The van der Waals surface area contributed by atoms with E-state index in [-0.39, 0.29) is 18.2 Å². The summed E-state index contributed by atoms with van der Waals surface area (Å²) in [4.78, 5) is 30.3. The van der Waals surface area contributed by atoms with E-state index in [1.54, 1.807) is 36.3 Å². The van der Waals surface area contributed by atoms with Crippen LogP contribution in [0.4, 0.5) is 11.4 Å². The van der Waals surface area contributed by atoms with Crippen LogP contribution in [0, 0.1) is 10.1 Å². The number of amides is 1. The highest BCUT2D eigenvalue weighted by molar-refractivity contribution is 9.10. The first-order chi connectivity index (χ1) is 18.3. The number of thioether (sulfide) groups is 1. The van der Waals surface area contributed by atoms with Gasteiger partial charge in [-0.2, -0.15) is 0 Å². The molecule has 0 aliphatic carbocycles. The van der Waals surface area contributed by atoms with Gasteiger partial charge in [0.2, 0.25) is 0 Å². The number of ether oxygens (including phenoxy) is 3. The molecule has 0 aromatic heterocycles. The predicted octanol–water partition coefficient (Wildman–Crippen LogP) is 6.58. The third-order valence-corrected chi connectivity index (χ3v) is 7.18. The van der Waals surface area contributed by atoms with Crippen LogP contribution < -0.4 is 14.2 Å². The number of nitro benzene ring substituents is 1. The second kappa shape index (κ2) is 12.1. The van der Waals surface area contributed by atoms with Gasteiger partial charge < -0.3 is 14.2 Å². The third-order valence-electron chi connectivity index (χ3n) is 5.58. The van der Waals surface area contributed by atoms with Crippen molar-refractivity contribution in [1.82, 2.24) is 4.90 Å². The fourth-order valence-electron chi connectivity index (χ4n) is 3.62. The molecule has 1 amide bonds. The van der Waals surface area contributed by atoms with Crippen LogP contribution in [0.2, 0.25) is 0 Å². The maximum Gasteiger partial charge on any atom is 0.269 e. The fraction of sp³-hybridized carbons (Fsp3) is 0.185. The molecule has 0 bridgehead atoms. The van der Waals surface area contributed by atoms with Crippen molar-refractivity contribution < 1.29 is 23.9 Å². The number of carbonyl (C=O) groups excluding carboxylic acids is 1. The summed E-state index contributed by atoms with van der Waals surface area (Å²) >= 11 is 4.85. The van der Waals surface area contributed by atoms with Gasteiger partial charge in [-0.1, -0.05) is 0 Å². The van der Waals surface area contributed by atoms with Gasteiger partial charge in [-0.25, -0.2) is 4.99 Å². The minimum absolute atomic E-state index is 0.0167. The van der Waals surface area contributed by atoms with Crippen molar-refractivity contribution in [3.63, 3.8) is 0 Å². The Kier molecular flexibility index (Phi) is 8.70. The Hall–Kier alpha value is -3.83. The SMILES string of the molecule is CCN1C(=O)/C(=C\c2cc(Br)c(OCc3ccc([N+](=O)[O-])cc3)c(OC)c2)SC1=Nc1ccc(OC)cc1. The molecule has 0 radical (unpaired) electrons. The van der Waals surface area contributed by atoms with Crippen LogP contribution in [0.25, 0.3) is 6.08 Å². The van der Waals surface area contributed by atoms with E-state index in [1.165, 1.54) is 31.0 Å². The molecule has 4 rings (SSSR count). The molecule has 196 valence electrons. The van der Waals surface area contributed by atoms with Crippen LogP contribution in [0.3, 0.4) is 0 Å². The summed E-state index contributed by atoms with van der Waals surface area (Å²) in [6.07, 6.45) is 1.79. The van der Waals surface area contributed by atoms with Gasteiger partial charge in [-0.3, -0.25) is 19.8 Å². The maximum atomic E-state index is 13.1. The number of methoxy groups -OCH3 is 2. The molecule has 11 heteroatoms. The van der Waals surface area contributed by atoms with Crippen molar-refractivity contribution in [1.29, 1.82) is 0 Å².